The second-order valence-corrected chi connectivity index (χ2v) is 12.3. The summed E-state index contributed by atoms with van der Waals surface area (Å²) < 4.78 is 21.7. The van der Waals surface area contributed by atoms with Crippen molar-refractivity contribution in [2.45, 2.75) is 51.4 Å². The first-order valence-electron chi connectivity index (χ1n) is 13.4. The Balaban J connectivity index is 1.50. The summed E-state index contributed by atoms with van der Waals surface area (Å²) in [7, 11) is 5.87. The third-order valence-corrected chi connectivity index (χ3v) is 10.1. The summed E-state index contributed by atoms with van der Waals surface area (Å²) in [5, 5.41) is 14.2. The standard InChI is InChI=1S/C30H36N2O6S/c1-16-25(29(34)38-5)26(20-9-22(35-2)27(37-4)23(10-20)36-3)21(14-31)28(32-16)39-15-24(33)30-11-17-6-18(12-30)8-19(7-17)13-30/h9-10,17-19,26,32H,6-8,11-13,15H2,1-5H3. The SMILES string of the molecule is COC(=O)C1=C(C)NC(SCC(=O)C23CC4CC(CC(C4)C2)C3)=C(C#N)C1c1cc(OC)c(OC)c(OC)c1. The smallest absolute Gasteiger partial charge is 0.336 e. The number of nitrogens with one attached hydrogen (secondary N) is 1. The summed E-state index contributed by atoms with van der Waals surface area (Å²) in [6.07, 6.45) is 6.87. The largest absolute Gasteiger partial charge is 0.493 e. The number of Topliss-reactive ketones (excluding diaryl/α,β-unsaturated/α-hetero) is 1. The Bertz CT molecular complexity index is 1230. The quantitative estimate of drug-likeness (QED) is 0.419. The molecule has 9 heteroatoms. The number of ketones is 1. The minimum absolute atomic E-state index is 0.206. The van der Waals surface area contributed by atoms with Crippen molar-refractivity contribution in [3.63, 3.8) is 0 Å². The molecule has 4 bridgehead atoms. The topological polar surface area (TPSA) is 107 Å². The van der Waals surface area contributed by atoms with Gasteiger partial charge in [-0.1, -0.05) is 11.8 Å². The van der Waals surface area contributed by atoms with E-state index in [0.717, 1.165) is 19.3 Å². The molecule has 1 atom stereocenters. The average molecular weight is 553 g/mol. The number of carbonyl (C=O) groups is 2. The first-order chi connectivity index (χ1) is 18.8. The van der Waals surface area contributed by atoms with Gasteiger partial charge in [-0.2, -0.15) is 5.26 Å². The van der Waals surface area contributed by atoms with E-state index in [1.165, 1.54) is 59.5 Å². The fourth-order valence-corrected chi connectivity index (χ4v) is 8.88. The fraction of sp³-hybridized carbons (Fsp3) is 0.567. The lowest BCUT2D eigenvalue weighted by Gasteiger charge is -2.56. The predicted molar refractivity (Wildman–Crippen MR) is 147 cm³/mol. The zero-order valence-electron chi connectivity index (χ0n) is 23.2. The number of dihydropyridines is 1. The number of carbonyl (C=O) groups excluding carboxylic acids is 2. The number of methoxy groups -OCH3 is 4. The van der Waals surface area contributed by atoms with Crippen molar-refractivity contribution in [1.29, 1.82) is 5.26 Å². The Hall–Kier alpha value is -3.12. The van der Waals surface area contributed by atoms with Crippen LogP contribution in [0.2, 0.25) is 0 Å². The van der Waals surface area contributed by atoms with E-state index in [0.29, 0.717) is 74.0 Å². The van der Waals surface area contributed by atoms with Crippen LogP contribution in [0.25, 0.3) is 0 Å². The number of hydrogen-bond donors (Lipinski definition) is 1. The van der Waals surface area contributed by atoms with Crippen molar-refractivity contribution in [2.24, 2.45) is 23.2 Å². The molecule has 208 valence electrons. The van der Waals surface area contributed by atoms with Crippen LogP contribution in [0, 0.1) is 34.5 Å². The molecule has 4 fully saturated rings. The maximum atomic E-state index is 13.7. The lowest BCUT2D eigenvalue weighted by atomic mass is 9.48. The molecule has 0 radical (unpaired) electrons. The van der Waals surface area contributed by atoms with Gasteiger partial charge in [-0.25, -0.2) is 4.79 Å². The summed E-state index contributed by atoms with van der Waals surface area (Å²) in [5.41, 5.74) is 1.65. The highest BCUT2D eigenvalue weighted by molar-refractivity contribution is 8.03. The van der Waals surface area contributed by atoms with Crippen LogP contribution in [0.1, 0.15) is 56.9 Å². The van der Waals surface area contributed by atoms with Crippen molar-refractivity contribution < 1.29 is 28.5 Å². The van der Waals surface area contributed by atoms with Gasteiger partial charge in [0.2, 0.25) is 5.75 Å². The van der Waals surface area contributed by atoms with Gasteiger partial charge < -0.3 is 24.3 Å². The highest BCUT2D eigenvalue weighted by Gasteiger charge is 2.54. The number of ether oxygens (including phenoxy) is 4. The van der Waals surface area contributed by atoms with Gasteiger partial charge in [-0.3, -0.25) is 4.79 Å². The number of hydrogen-bond acceptors (Lipinski definition) is 9. The molecule has 1 aromatic rings. The van der Waals surface area contributed by atoms with Crippen molar-refractivity contribution >= 4 is 23.5 Å². The number of esters is 1. The number of benzene rings is 1. The molecule has 0 aromatic heterocycles. The first kappa shape index (κ1) is 27.4. The van der Waals surface area contributed by atoms with Gasteiger partial charge in [0.15, 0.2) is 11.5 Å². The number of nitrogens with zero attached hydrogens (tertiary/aromatic N) is 1. The van der Waals surface area contributed by atoms with Gasteiger partial charge in [-0.15, -0.1) is 0 Å². The van der Waals surface area contributed by atoms with E-state index in [4.69, 9.17) is 18.9 Å². The summed E-state index contributed by atoms with van der Waals surface area (Å²) in [6.45, 7) is 1.78. The van der Waals surface area contributed by atoms with Crippen LogP contribution in [0.4, 0.5) is 0 Å². The zero-order valence-corrected chi connectivity index (χ0v) is 24.0. The van der Waals surface area contributed by atoms with Crippen LogP contribution in [0.15, 0.2) is 34.0 Å². The fourth-order valence-electron chi connectivity index (χ4n) is 7.75. The zero-order chi connectivity index (χ0) is 27.9. The Morgan fingerprint density at radius 1 is 1.00 bits per heavy atom. The second kappa shape index (κ2) is 10.8. The molecule has 1 aromatic carbocycles. The van der Waals surface area contributed by atoms with Gasteiger partial charge in [0, 0.05) is 11.1 Å². The summed E-state index contributed by atoms with van der Waals surface area (Å²) in [6, 6.07) is 5.81. The maximum Gasteiger partial charge on any atom is 0.336 e. The van der Waals surface area contributed by atoms with E-state index in [1.807, 2.05) is 0 Å². The van der Waals surface area contributed by atoms with E-state index < -0.39 is 11.9 Å². The Kier molecular flexibility index (Phi) is 7.60. The third-order valence-electron chi connectivity index (χ3n) is 9.05. The Labute approximate surface area is 234 Å². The monoisotopic (exact) mass is 552 g/mol. The Morgan fingerprint density at radius 2 is 1.56 bits per heavy atom. The van der Waals surface area contributed by atoms with Crippen LogP contribution in [0.3, 0.4) is 0 Å². The minimum Gasteiger partial charge on any atom is -0.493 e. The number of allylic oxidation sites excluding steroid dienone is 2. The molecule has 5 aliphatic rings. The van der Waals surface area contributed by atoms with Crippen molar-refractivity contribution in [3.8, 4) is 23.3 Å². The van der Waals surface area contributed by atoms with E-state index in [2.05, 4.69) is 11.4 Å². The molecule has 6 rings (SSSR count). The molecule has 0 amide bonds. The van der Waals surface area contributed by atoms with Crippen LogP contribution in [-0.2, 0) is 14.3 Å². The first-order valence-corrected chi connectivity index (χ1v) is 14.4. The van der Waals surface area contributed by atoms with Crippen LogP contribution < -0.4 is 19.5 Å². The average Bonchev–Trinajstić information content (AvgIpc) is 2.93. The predicted octanol–water partition coefficient (Wildman–Crippen LogP) is 5.10. The molecule has 4 saturated carbocycles. The van der Waals surface area contributed by atoms with Gasteiger partial charge in [0.25, 0.3) is 0 Å². The van der Waals surface area contributed by atoms with Gasteiger partial charge in [-0.05, 0) is 80.9 Å². The molecule has 1 N–H and O–H groups in total. The molecule has 39 heavy (non-hydrogen) atoms. The van der Waals surface area contributed by atoms with Crippen molar-refractivity contribution in [2.75, 3.05) is 34.2 Å². The molecule has 0 spiro atoms. The van der Waals surface area contributed by atoms with Gasteiger partial charge in [0.05, 0.1) is 62.4 Å². The molecule has 1 unspecified atom stereocenters. The van der Waals surface area contributed by atoms with Crippen molar-refractivity contribution in [1.82, 2.24) is 5.32 Å². The molecular weight excluding hydrogens is 516 g/mol. The molecular formula is C30H36N2O6S. The van der Waals surface area contributed by atoms with E-state index in [1.54, 1.807) is 19.1 Å². The van der Waals surface area contributed by atoms with E-state index >= 15 is 0 Å². The molecule has 4 aliphatic carbocycles. The lowest BCUT2D eigenvalue weighted by Crippen LogP contribution is -2.50. The van der Waals surface area contributed by atoms with Crippen LogP contribution in [-0.4, -0.2) is 45.9 Å². The number of nitriles is 1. The van der Waals surface area contributed by atoms with Gasteiger partial charge in [0.1, 0.15) is 5.78 Å². The van der Waals surface area contributed by atoms with Crippen molar-refractivity contribution in [3.05, 3.63) is 39.6 Å². The van der Waals surface area contributed by atoms with E-state index in [-0.39, 0.29) is 5.41 Å². The molecule has 0 saturated heterocycles. The summed E-state index contributed by atoms with van der Waals surface area (Å²) in [4.78, 5) is 26.7. The number of rotatable bonds is 9. The summed E-state index contributed by atoms with van der Waals surface area (Å²) >= 11 is 1.36. The van der Waals surface area contributed by atoms with Crippen LogP contribution in [0.5, 0.6) is 17.2 Å². The molecule has 8 nitrogen and oxygen atoms in total. The normalized spacial score (nSPS) is 29.0. The Morgan fingerprint density at radius 3 is 2.03 bits per heavy atom. The van der Waals surface area contributed by atoms with Crippen LogP contribution >= 0.6 is 11.8 Å². The third kappa shape index (κ3) is 4.77. The maximum absolute atomic E-state index is 13.7. The minimum atomic E-state index is -0.741. The second-order valence-electron chi connectivity index (χ2n) is 11.3. The molecule has 1 heterocycles. The molecule has 1 aliphatic heterocycles. The highest BCUT2D eigenvalue weighted by Crippen LogP contribution is 2.60. The van der Waals surface area contributed by atoms with Gasteiger partial charge >= 0.3 is 5.97 Å². The van der Waals surface area contributed by atoms with E-state index in [9.17, 15) is 14.9 Å². The summed E-state index contributed by atoms with van der Waals surface area (Å²) in [5.74, 6) is 2.60. The lowest BCUT2D eigenvalue weighted by molar-refractivity contribution is -0.141. The highest BCUT2D eigenvalue weighted by atomic mass is 32.2. The number of thioether (sulfide) groups is 1.